The number of likely N-dealkylation sites (tertiary alicyclic amines) is 1. The molecule has 0 radical (unpaired) electrons. The molecule has 8 nitrogen and oxygen atoms in total. The smallest absolute Gasteiger partial charge is 0.410 e. The zero-order valence-corrected chi connectivity index (χ0v) is 25.0. The first-order valence-corrected chi connectivity index (χ1v) is 16.2. The minimum absolute atomic E-state index is 0.0162. The van der Waals surface area contributed by atoms with E-state index in [1.54, 1.807) is 12.1 Å². The van der Waals surface area contributed by atoms with E-state index in [1.165, 1.54) is 6.07 Å². The number of nitrogen functional groups attached to an aromatic ring is 1. The fourth-order valence-electron chi connectivity index (χ4n) is 4.66. The molecule has 0 aromatic heterocycles. The summed E-state index contributed by atoms with van der Waals surface area (Å²) in [4.78, 5) is 26.6. The lowest BCUT2D eigenvalue weighted by molar-refractivity contribution is -0.384. The Labute approximate surface area is 227 Å². The zero-order chi connectivity index (χ0) is 28.5. The normalized spacial score (nSPS) is 19.3. The Balaban J connectivity index is 2.03. The van der Waals surface area contributed by atoms with Crippen molar-refractivity contribution in [1.82, 2.24) is 4.90 Å². The van der Waals surface area contributed by atoms with Gasteiger partial charge in [0.15, 0.2) is 8.32 Å². The molecule has 9 heteroatoms. The molecule has 0 bridgehead atoms. The third-order valence-corrected chi connectivity index (χ3v) is 12.1. The van der Waals surface area contributed by atoms with E-state index in [-0.39, 0.29) is 34.6 Å². The van der Waals surface area contributed by atoms with Gasteiger partial charge in [-0.25, -0.2) is 4.79 Å². The number of carbonyl (C=O) groups is 1. The van der Waals surface area contributed by atoms with Crippen molar-refractivity contribution in [3.63, 3.8) is 0 Å². The molecule has 1 saturated heterocycles. The topological polar surface area (TPSA) is 108 Å². The minimum Gasteiger partial charge on any atom is -0.444 e. The average molecular weight is 542 g/mol. The van der Waals surface area contributed by atoms with E-state index < -0.39 is 24.9 Å². The Morgan fingerprint density at radius 1 is 1.11 bits per heavy atom. The molecule has 38 heavy (non-hydrogen) atoms. The van der Waals surface area contributed by atoms with Gasteiger partial charge in [0.05, 0.1) is 17.1 Å². The lowest BCUT2D eigenvalue weighted by Crippen LogP contribution is -2.50. The van der Waals surface area contributed by atoms with Crippen LogP contribution in [-0.4, -0.2) is 41.9 Å². The van der Waals surface area contributed by atoms with E-state index in [0.29, 0.717) is 6.42 Å². The molecule has 2 aromatic carbocycles. The maximum atomic E-state index is 13.7. The van der Waals surface area contributed by atoms with E-state index in [9.17, 15) is 14.9 Å². The van der Waals surface area contributed by atoms with Crippen LogP contribution in [0.1, 0.15) is 71.6 Å². The van der Waals surface area contributed by atoms with Gasteiger partial charge in [0.2, 0.25) is 0 Å². The van der Waals surface area contributed by atoms with Gasteiger partial charge in [-0.05, 0) is 75.4 Å². The van der Waals surface area contributed by atoms with Crippen LogP contribution < -0.4 is 5.73 Å². The monoisotopic (exact) mass is 541 g/mol. The molecule has 1 unspecified atom stereocenters. The number of hydrogen-bond acceptors (Lipinski definition) is 6. The van der Waals surface area contributed by atoms with Gasteiger partial charge in [-0.15, -0.1) is 0 Å². The third kappa shape index (κ3) is 6.93. The Kier molecular flexibility index (Phi) is 8.63. The van der Waals surface area contributed by atoms with Crippen LogP contribution in [0.25, 0.3) is 0 Å². The van der Waals surface area contributed by atoms with E-state index in [0.717, 1.165) is 24.0 Å². The largest absolute Gasteiger partial charge is 0.444 e. The second-order valence-electron chi connectivity index (χ2n) is 12.7. The van der Waals surface area contributed by atoms with Crippen LogP contribution in [0.2, 0.25) is 18.1 Å². The van der Waals surface area contributed by atoms with Crippen LogP contribution >= 0.6 is 0 Å². The summed E-state index contributed by atoms with van der Waals surface area (Å²) in [5, 5.41) is 11.5. The standard InChI is InChI=1S/C29H43N3O5Si/c1-28(2,3)36-27(33)31-22(18-20-14-16-23(30)25(19-20)32(34)35)15-17-24(31)26(21-12-10-9-11-13-21)37-38(7,8)29(4,5)6/h9-14,16,19,22,24,26H,15,17-18,30H2,1-8H3/t22?,24-,26-/m1/s1. The van der Waals surface area contributed by atoms with Crippen molar-refractivity contribution in [2.45, 2.75) is 103 Å². The number of carbonyl (C=O) groups excluding carboxylic acids is 1. The van der Waals surface area contributed by atoms with Crippen LogP contribution in [-0.2, 0) is 15.6 Å². The maximum Gasteiger partial charge on any atom is 0.410 e. The second-order valence-corrected chi connectivity index (χ2v) is 17.5. The second kappa shape index (κ2) is 11.1. The quantitative estimate of drug-likeness (QED) is 0.171. The number of nitrogens with zero attached hydrogens (tertiary/aromatic N) is 2. The van der Waals surface area contributed by atoms with Crippen molar-refractivity contribution >= 4 is 25.8 Å². The fourth-order valence-corrected chi connectivity index (χ4v) is 5.94. The highest BCUT2D eigenvalue weighted by Gasteiger charge is 2.47. The number of rotatable bonds is 7. The van der Waals surface area contributed by atoms with Crippen molar-refractivity contribution in [3.05, 3.63) is 69.8 Å². The van der Waals surface area contributed by atoms with Gasteiger partial charge < -0.3 is 14.9 Å². The molecule has 0 aliphatic carbocycles. The Morgan fingerprint density at radius 2 is 1.74 bits per heavy atom. The van der Waals surface area contributed by atoms with E-state index in [2.05, 4.69) is 46.0 Å². The Morgan fingerprint density at radius 3 is 2.29 bits per heavy atom. The number of nitro groups is 1. The molecular weight excluding hydrogens is 498 g/mol. The highest BCUT2D eigenvalue weighted by atomic mass is 28.4. The minimum atomic E-state index is -2.22. The van der Waals surface area contributed by atoms with Gasteiger partial charge in [0, 0.05) is 12.1 Å². The SMILES string of the molecule is CC(C)(C)OC(=O)N1C(Cc2ccc(N)c([N+](=O)[O-])c2)CC[C@@H]1[C@H](O[Si](C)(C)C(C)(C)C)c1ccccc1. The van der Waals surface area contributed by atoms with Gasteiger partial charge in [-0.2, -0.15) is 0 Å². The molecule has 3 rings (SSSR count). The molecule has 208 valence electrons. The number of benzene rings is 2. The predicted octanol–water partition coefficient (Wildman–Crippen LogP) is 7.25. The molecule has 1 aliphatic rings. The molecule has 3 atom stereocenters. The van der Waals surface area contributed by atoms with Crippen LogP contribution in [0, 0.1) is 10.1 Å². The molecule has 1 fully saturated rings. The molecule has 2 N–H and O–H groups in total. The average Bonchev–Trinajstić information content (AvgIpc) is 3.20. The highest BCUT2D eigenvalue weighted by Crippen LogP contribution is 2.44. The predicted molar refractivity (Wildman–Crippen MR) is 154 cm³/mol. The third-order valence-electron chi connectivity index (χ3n) is 7.62. The lowest BCUT2D eigenvalue weighted by Gasteiger charge is -2.43. The summed E-state index contributed by atoms with van der Waals surface area (Å²) < 4.78 is 12.9. The van der Waals surface area contributed by atoms with Crippen LogP contribution in [0.5, 0.6) is 0 Å². The number of ether oxygens (including phenoxy) is 1. The van der Waals surface area contributed by atoms with Gasteiger partial charge in [0.1, 0.15) is 11.3 Å². The van der Waals surface area contributed by atoms with Crippen molar-refractivity contribution < 1.29 is 18.9 Å². The summed E-state index contributed by atoms with van der Waals surface area (Å²) in [5.41, 5.74) is 6.94. The molecule has 0 saturated carbocycles. The summed E-state index contributed by atoms with van der Waals surface area (Å²) >= 11 is 0. The van der Waals surface area contributed by atoms with Crippen LogP contribution in [0.3, 0.4) is 0 Å². The van der Waals surface area contributed by atoms with Gasteiger partial charge in [-0.1, -0.05) is 57.2 Å². The van der Waals surface area contributed by atoms with Crippen LogP contribution in [0.4, 0.5) is 16.2 Å². The number of nitro benzene ring substituents is 1. The lowest BCUT2D eigenvalue weighted by atomic mass is 10.0. The summed E-state index contributed by atoms with van der Waals surface area (Å²) in [6, 6.07) is 14.5. The zero-order valence-electron chi connectivity index (χ0n) is 24.0. The first-order chi connectivity index (χ1) is 17.5. The number of hydrogen-bond donors (Lipinski definition) is 1. The summed E-state index contributed by atoms with van der Waals surface area (Å²) in [6.07, 6.45) is 1.20. The first-order valence-electron chi connectivity index (χ1n) is 13.3. The highest BCUT2D eigenvalue weighted by molar-refractivity contribution is 6.74. The molecular formula is C29H43N3O5Si. The molecule has 1 amide bonds. The Hall–Kier alpha value is -2.91. The summed E-state index contributed by atoms with van der Waals surface area (Å²) in [6.45, 7) is 16.6. The molecule has 1 aliphatic heterocycles. The van der Waals surface area contributed by atoms with Gasteiger partial charge in [0.25, 0.3) is 5.69 Å². The van der Waals surface area contributed by atoms with Crippen molar-refractivity contribution in [3.8, 4) is 0 Å². The number of nitrogens with two attached hydrogens (primary N) is 1. The summed E-state index contributed by atoms with van der Waals surface area (Å²) in [5.74, 6) is 0. The van der Waals surface area contributed by atoms with E-state index >= 15 is 0 Å². The van der Waals surface area contributed by atoms with Crippen molar-refractivity contribution in [1.29, 1.82) is 0 Å². The van der Waals surface area contributed by atoms with E-state index in [4.69, 9.17) is 14.9 Å². The Bertz CT molecular complexity index is 1140. The molecule has 2 aromatic rings. The number of anilines is 1. The maximum absolute atomic E-state index is 13.7. The van der Waals surface area contributed by atoms with Gasteiger partial charge >= 0.3 is 6.09 Å². The van der Waals surface area contributed by atoms with Crippen molar-refractivity contribution in [2.24, 2.45) is 0 Å². The fraction of sp³-hybridized carbons (Fsp3) is 0.552. The van der Waals surface area contributed by atoms with E-state index in [1.807, 2.05) is 43.9 Å². The van der Waals surface area contributed by atoms with Crippen molar-refractivity contribution in [2.75, 3.05) is 5.73 Å². The van der Waals surface area contributed by atoms with Gasteiger partial charge in [-0.3, -0.25) is 15.0 Å². The molecule has 0 spiro atoms. The van der Waals surface area contributed by atoms with Crippen LogP contribution in [0.15, 0.2) is 48.5 Å². The molecule has 1 heterocycles. The number of amides is 1. The summed E-state index contributed by atoms with van der Waals surface area (Å²) in [7, 11) is -2.22. The first kappa shape index (κ1) is 29.6.